The van der Waals surface area contributed by atoms with E-state index in [0.29, 0.717) is 22.0 Å². The highest BCUT2D eigenvalue weighted by Crippen LogP contribution is 2.33. The SMILES string of the molecule is CC1OCCC1Sc1ccc(C=O)cc1F. The van der Waals surface area contributed by atoms with Crippen molar-refractivity contribution < 1.29 is 13.9 Å². The summed E-state index contributed by atoms with van der Waals surface area (Å²) in [4.78, 5) is 11.1. The molecule has 1 heterocycles. The normalized spacial score (nSPS) is 24.6. The van der Waals surface area contributed by atoms with Crippen molar-refractivity contribution in [3.8, 4) is 0 Å². The third-order valence-corrected chi connectivity index (χ3v) is 4.18. The maximum absolute atomic E-state index is 13.6. The van der Waals surface area contributed by atoms with Crippen molar-refractivity contribution in [1.82, 2.24) is 0 Å². The minimum atomic E-state index is -0.325. The zero-order valence-corrected chi connectivity index (χ0v) is 9.80. The smallest absolute Gasteiger partial charge is 0.150 e. The van der Waals surface area contributed by atoms with Crippen LogP contribution in [0.3, 0.4) is 0 Å². The van der Waals surface area contributed by atoms with Crippen LogP contribution >= 0.6 is 11.8 Å². The molecule has 1 aliphatic rings. The van der Waals surface area contributed by atoms with Crippen LogP contribution in [0.2, 0.25) is 0 Å². The van der Waals surface area contributed by atoms with Crippen LogP contribution in [-0.2, 0) is 4.74 Å². The van der Waals surface area contributed by atoms with Gasteiger partial charge < -0.3 is 4.74 Å². The number of carbonyl (C=O) groups is 1. The van der Waals surface area contributed by atoms with Crippen molar-refractivity contribution in [2.75, 3.05) is 6.61 Å². The number of ether oxygens (including phenoxy) is 1. The highest BCUT2D eigenvalue weighted by atomic mass is 32.2. The summed E-state index contributed by atoms with van der Waals surface area (Å²) in [5.41, 5.74) is 0.373. The Balaban J connectivity index is 2.12. The van der Waals surface area contributed by atoms with Gasteiger partial charge in [-0.25, -0.2) is 4.39 Å². The van der Waals surface area contributed by atoms with E-state index < -0.39 is 0 Å². The lowest BCUT2D eigenvalue weighted by Gasteiger charge is -2.13. The molecule has 4 heteroatoms. The van der Waals surface area contributed by atoms with Crippen LogP contribution in [0.15, 0.2) is 23.1 Å². The number of benzene rings is 1. The van der Waals surface area contributed by atoms with Gasteiger partial charge in [0.25, 0.3) is 0 Å². The Morgan fingerprint density at radius 1 is 1.56 bits per heavy atom. The molecule has 0 saturated carbocycles. The Hall–Kier alpha value is -0.870. The Kier molecular flexibility index (Phi) is 3.61. The summed E-state index contributed by atoms with van der Waals surface area (Å²) in [7, 11) is 0. The fourth-order valence-corrected chi connectivity index (χ4v) is 2.84. The van der Waals surface area contributed by atoms with E-state index in [0.717, 1.165) is 13.0 Å². The van der Waals surface area contributed by atoms with Crippen molar-refractivity contribution in [3.05, 3.63) is 29.6 Å². The van der Waals surface area contributed by atoms with E-state index in [4.69, 9.17) is 4.74 Å². The van der Waals surface area contributed by atoms with Crippen LogP contribution in [0.4, 0.5) is 4.39 Å². The molecule has 1 aromatic rings. The molecule has 0 bridgehead atoms. The number of hydrogen-bond acceptors (Lipinski definition) is 3. The van der Waals surface area contributed by atoms with Gasteiger partial charge in [0, 0.05) is 22.3 Å². The molecular weight excluding hydrogens is 227 g/mol. The van der Waals surface area contributed by atoms with Gasteiger partial charge in [-0.3, -0.25) is 4.79 Å². The standard InChI is InChI=1S/C12H13FO2S/c1-8-11(4-5-15-8)16-12-3-2-9(7-14)6-10(12)13/h2-3,6-8,11H,4-5H2,1H3. The second-order valence-corrected chi connectivity index (χ2v) is 5.11. The van der Waals surface area contributed by atoms with E-state index >= 15 is 0 Å². The molecule has 1 aromatic carbocycles. The van der Waals surface area contributed by atoms with E-state index in [1.54, 1.807) is 12.1 Å². The number of hydrogen-bond donors (Lipinski definition) is 0. The number of rotatable bonds is 3. The van der Waals surface area contributed by atoms with Gasteiger partial charge in [-0.15, -0.1) is 11.8 Å². The van der Waals surface area contributed by atoms with E-state index in [9.17, 15) is 9.18 Å². The zero-order valence-electron chi connectivity index (χ0n) is 8.98. The van der Waals surface area contributed by atoms with Crippen molar-refractivity contribution in [1.29, 1.82) is 0 Å². The van der Waals surface area contributed by atoms with Gasteiger partial charge in [0.2, 0.25) is 0 Å². The molecule has 2 rings (SSSR count). The van der Waals surface area contributed by atoms with Gasteiger partial charge in [0.1, 0.15) is 12.1 Å². The Labute approximate surface area is 98.2 Å². The summed E-state index contributed by atoms with van der Waals surface area (Å²) in [6.45, 7) is 2.75. The molecule has 1 fully saturated rings. The summed E-state index contributed by atoms with van der Waals surface area (Å²) >= 11 is 1.49. The molecule has 0 aliphatic carbocycles. The van der Waals surface area contributed by atoms with Crippen molar-refractivity contribution in [3.63, 3.8) is 0 Å². The predicted octanol–water partition coefficient (Wildman–Crippen LogP) is 2.91. The van der Waals surface area contributed by atoms with Crippen LogP contribution in [0.25, 0.3) is 0 Å². The van der Waals surface area contributed by atoms with Gasteiger partial charge in [-0.1, -0.05) is 6.07 Å². The molecule has 0 spiro atoms. The van der Waals surface area contributed by atoms with E-state index in [2.05, 4.69) is 0 Å². The van der Waals surface area contributed by atoms with Crippen LogP contribution in [0.1, 0.15) is 23.7 Å². The van der Waals surface area contributed by atoms with Crippen molar-refractivity contribution in [2.45, 2.75) is 29.6 Å². The second kappa shape index (κ2) is 4.97. The first kappa shape index (κ1) is 11.6. The molecule has 0 N–H and O–H groups in total. The molecule has 2 nitrogen and oxygen atoms in total. The highest BCUT2D eigenvalue weighted by Gasteiger charge is 2.25. The van der Waals surface area contributed by atoms with Crippen LogP contribution in [-0.4, -0.2) is 24.2 Å². The maximum Gasteiger partial charge on any atom is 0.150 e. The second-order valence-electron chi connectivity index (χ2n) is 3.83. The quantitative estimate of drug-likeness (QED) is 0.760. The molecule has 2 unspecified atom stereocenters. The molecule has 16 heavy (non-hydrogen) atoms. The van der Waals surface area contributed by atoms with Crippen LogP contribution in [0.5, 0.6) is 0 Å². The van der Waals surface area contributed by atoms with Gasteiger partial charge >= 0.3 is 0 Å². The third-order valence-electron chi connectivity index (χ3n) is 2.68. The average Bonchev–Trinajstić information content (AvgIpc) is 2.67. The zero-order chi connectivity index (χ0) is 11.5. The largest absolute Gasteiger partial charge is 0.377 e. The number of thioether (sulfide) groups is 1. The first-order valence-corrected chi connectivity index (χ1v) is 6.11. The minimum absolute atomic E-state index is 0.162. The molecule has 86 valence electrons. The molecule has 0 amide bonds. The van der Waals surface area contributed by atoms with Gasteiger partial charge in [-0.05, 0) is 25.5 Å². The highest BCUT2D eigenvalue weighted by molar-refractivity contribution is 8.00. The summed E-state index contributed by atoms with van der Waals surface area (Å²) in [5, 5.41) is 0.302. The average molecular weight is 240 g/mol. The lowest BCUT2D eigenvalue weighted by molar-refractivity contribution is 0.112. The van der Waals surface area contributed by atoms with E-state index in [1.807, 2.05) is 6.92 Å². The maximum atomic E-state index is 13.6. The molecule has 1 aliphatic heterocycles. The monoisotopic (exact) mass is 240 g/mol. The fourth-order valence-electron chi connectivity index (χ4n) is 1.72. The van der Waals surface area contributed by atoms with Crippen LogP contribution < -0.4 is 0 Å². The van der Waals surface area contributed by atoms with E-state index in [1.165, 1.54) is 17.8 Å². The Morgan fingerprint density at radius 2 is 2.38 bits per heavy atom. The topological polar surface area (TPSA) is 26.3 Å². The summed E-state index contributed by atoms with van der Waals surface area (Å²) in [6, 6.07) is 4.57. The van der Waals surface area contributed by atoms with Crippen LogP contribution in [0, 0.1) is 5.82 Å². The van der Waals surface area contributed by atoms with E-state index in [-0.39, 0.29) is 11.9 Å². The Morgan fingerprint density at radius 3 is 2.94 bits per heavy atom. The number of carbonyl (C=O) groups excluding carboxylic acids is 1. The summed E-state index contributed by atoms with van der Waals surface area (Å²) in [6.07, 6.45) is 1.76. The molecule has 0 aromatic heterocycles. The summed E-state index contributed by atoms with van der Waals surface area (Å²) < 4.78 is 19.0. The van der Waals surface area contributed by atoms with Gasteiger partial charge in [0.05, 0.1) is 6.10 Å². The lowest BCUT2D eigenvalue weighted by atomic mass is 10.2. The van der Waals surface area contributed by atoms with Gasteiger partial charge in [0.15, 0.2) is 0 Å². The third kappa shape index (κ3) is 2.44. The van der Waals surface area contributed by atoms with Crippen molar-refractivity contribution >= 4 is 18.0 Å². The predicted molar refractivity (Wildman–Crippen MR) is 61.5 cm³/mol. The molecule has 1 saturated heterocycles. The fraction of sp³-hybridized carbons (Fsp3) is 0.417. The first-order valence-electron chi connectivity index (χ1n) is 5.23. The summed E-state index contributed by atoms with van der Waals surface area (Å²) in [5.74, 6) is -0.325. The number of aldehydes is 1. The molecule has 0 radical (unpaired) electrons. The molecular formula is C12H13FO2S. The lowest BCUT2D eigenvalue weighted by Crippen LogP contribution is -2.13. The Bertz CT molecular complexity index is 395. The minimum Gasteiger partial charge on any atom is -0.377 e. The first-order chi connectivity index (χ1) is 7.70. The number of halogens is 1. The molecule has 2 atom stereocenters. The van der Waals surface area contributed by atoms with Gasteiger partial charge in [-0.2, -0.15) is 0 Å². The van der Waals surface area contributed by atoms with Crippen molar-refractivity contribution in [2.24, 2.45) is 0 Å².